The molecular weight excluding hydrogens is 1030 g/mol. The molecule has 0 saturated carbocycles. The molecule has 23 heteroatoms. The Balaban J connectivity index is 0.000000289. The number of hydrogen-bond acceptors (Lipinski definition) is 18. The summed E-state index contributed by atoms with van der Waals surface area (Å²) in [4.78, 5) is 74.7. The maximum absolute atomic E-state index is 12.9. The third kappa shape index (κ3) is 15.1. The Morgan fingerprint density at radius 2 is 0.873 bits per heavy atom. The first-order chi connectivity index (χ1) is 37.0. The fourth-order valence-electron chi connectivity index (χ4n) is 7.71. The van der Waals surface area contributed by atoms with E-state index >= 15 is 0 Å². The molecule has 2 saturated heterocycles. The van der Waals surface area contributed by atoms with E-state index in [1.807, 2.05) is 0 Å². The second-order valence-electron chi connectivity index (χ2n) is 19.3. The normalized spacial score (nSPS) is 15.3. The van der Waals surface area contributed by atoms with Crippen molar-refractivity contribution in [3.05, 3.63) is 96.1 Å². The number of carbonyl (C=O) groups is 6. The molecule has 6 rings (SSSR count). The second kappa shape index (κ2) is 26.4. The number of aliphatic carboxylic acids is 1. The van der Waals surface area contributed by atoms with Crippen molar-refractivity contribution in [1.29, 1.82) is 0 Å². The van der Waals surface area contributed by atoms with E-state index < -0.39 is 59.5 Å². The number of hydrogen-bond donors (Lipinski definition) is 4. The summed E-state index contributed by atoms with van der Waals surface area (Å²) < 4.78 is 58.4. The maximum Gasteiger partial charge on any atom is 0.408 e. The van der Waals surface area contributed by atoms with Gasteiger partial charge in [0.25, 0.3) is 11.8 Å². The van der Waals surface area contributed by atoms with Gasteiger partial charge in [-0.3, -0.25) is 24.2 Å². The number of rotatable bonds is 17. The number of carbonyl (C=O) groups excluding carboxylic acids is 5. The molecule has 23 nitrogen and oxygen atoms in total. The van der Waals surface area contributed by atoms with E-state index in [0.717, 1.165) is 0 Å². The van der Waals surface area contributed by atoms with Crippen LogP contribution in [0, 0.1) is 0 Å². The zero-order valence-corrected chi connectivity index (χ0v) is 47.2. The van der Waals surface area contributed by atoms with Crippen molar-refractivity contribution in [3.8, 4) is 57.5 Å². The number of nitrogens with one attached hydrogen (secondary N) is 2. The number of anilines is 2. The lowest BCUT2D eigenvalue weighted by molar-refractivity contribution is -0.139. The van der Waals surface area contributed by atoms with Crippen molar-refractivity contribution < 1.29 is 91.1 Å². The Hall–Kier alpha value is -9.02. The highest BCUT2D eigenvalue weighted by molar-refractivity contribution is 6.16. The maximum atomic E-state index is 12.9. The largest absolute Gasteiger partial charge is 0.504 e. The fraction of sp³-hybridized carbons (Fsp3) is 0.393. The number of nitrogens with zero attached hydrogens (tertiary/aromatic N) is 2. The number of methoxy groups -OCH3 is 8. The van der Waals surface area contributed by atoms with Gasteiger partial charge >= 0.3 is 24.1 Å². The molecule has 0 aromatic heterocycles. The Bertz CT molecular complexity index is 2890. The van der Waals surface area contributed by atoms with E-state index in [2.05, 4.69) is 23.8 Å². The summed E-state index contributed by atoms with van der Waals surface area (Å²) in [6.07, 6.45) is -1.47. The number of phenolic OH excluding ortho intramolecular Hbond substituents is 1. The molecule has 79 heavy (non-hydrogen) atoms. The number of esters is 1. The van der Waals surface area contributed by atoms with E-state index in [-0.39, 0.29) is 29.1 Å². The molecule has 0 aliphatic carbocycles. The van der Waals surface area contributed by atoms with Gasteiger partial charge in [0.15, 0.2) is 46.0 Å². The summed E-state index contributed by atoms with van der Waals surface area (Å²) in [5, 5.41) is 23.2. The number of aromatic hydroxyl groups is 1. The predicted molar refractivity (Wildman–Crippen MR) is 290 cm³/mol. The van der Waals surface area contributed by atoms with Gasteiger partial charge in [0.05, 0.1) is 80.3 Å². The molecule has 4 amide bonds. The van der Waals surface area contributed by atoms with Crippen molar-refractivity contribution >= 4 is 47.3 Å². The summed E-state index contributed by atoms with van der Waals surface area (Å²) in [6, 6.07) is 13.7. The van der Waals surface area contributed by atoms with Gasteiger partial charge in [0.2, 0.25) is 11.5 Å². The third-order valence-corrected chi connectivity index (χ3v) is 11.4. The van der Waals surface area contributed by atoms with Crippen LogP contribution in [0.4, 0.5) is 21.0 Å². The first kappa shape index (κ1) is 62.5. The summed E-state index contributed by atoms with van der Waals surface area (Å²) in [7, 11) is 11.9. The highest BCUT2D eigenvalue weighted by Gasteiger charge is 2.45. The summed E-state index contributed by atoms with van der Waals surface area (Å²) >= 11 is 0. The van der Waals surface area contributed by atoms with Crippen LogP contribution in [0.25, 0.3) is 0 Å². The molecule has 2 fully saturated rings. The molecule has 2 aliphatic rings. The average molecular weight is 1100 g/mol. The van der Waals surface area contributed by atoms with Crippen LogP contribution in [0.5, 0.6) is 57.5 Å². The lowest BCUT2D eigenvalue weighted by Gasteiger charge is -2.42. The summed E-state index contributed by atoms with van der Waals surface area (Å²) in [5.74, 6) is 0.869. The van der Waals surface area contributed by atoms with Gasteiger partial charge in [-0.25, -0.2) is 14.4 Å². The number of phenols is 1. The minimum absolute atomic E-state index is 0.00742. The van der Waals surface area contributed by atoms with Crippen LogP contribution < -0.4 is 63.1 Å². The number of benzene rings is 4. The van der Waals surface area contributed by atoms with E-state index in [4.69, 9.17) is 57.2 Å². The molecule has 2 heterocycles. The average Bonchev–Trinajstić information content (AvgIpc) is 3.55. The topological polar surface area (TPSA) is 275 Å². The SMILES string of the molecule is C=C1C(=O)N(c2cc(OC)c(OC)c(OC)c2)[C@H]1c1ccc(OC)c(O)c1.C=C1C(=O)N(c2cc(OC)c(OC)c(OC)c2)[C@H]1c1ccc(OC)c(OC(=O)[C@H](C)NC(=O)OC(C)(C)C)c1.C[C@H](NC(=O)OC(C)(C)C)C(=O)O. The molecule has 4 aromatic rings. The Labute approximate surface area is 458 Å². The molecule has 0 unspecified atom stereocenters. The van der Waals surface area contributed by atoms with Crippen molar-refractivity contribution in [1.82, 2.24) is 10.6 Å². The minimum atomic E-state index is -1.09. The van der Waals surface area contributed by atoms with Crippen LogP contribution in [0.15, 0.2) is 85.0 Å². The van der Waals surface area contributed by atoms with Gasteiger partial charge in [0, 0.05) is 35.4 Å². The van der Waals surface area contributed by atoms with Crippen molar-refractivity contribution in [3.63, 3.8) is 0 Å². The highest BCUT2D eigenvalue weighted by Crippen LogP contribution is 2.50. The van der Waals surface area contributed by atoms with Gasteiger partial charge in [-0.05, 0) is 90.8 Å². The van der Waals surface area contributed by atoms with E-state index in [1.54, 1.807) is 107 Å². The lowest BCUT2D eigenvalue weighted by atomic mass is 9.88. The Morgan fingerprint density at radius 1 is 0.519 bits per heavy atom. The van der Waals surface area contributed by atoms with Crippen LogP contribution in [-0.4, -0.2) is 126 Å². The Morgan fingerprint density at radius 3 is 1.20 bits per heavy atom. The summed E-state index contributed by atoms with van der Waals surface area (Å²) in [6.45, 7) is 20.9. The fourth-order valence-corrected chi connectivity index (χ4v) is 7.71. The van der Waals surface area contributed by atoms with Gasteiger partial charge < -0.3 is 73.0 Å². The number of β-lactam (4-membered cyclic amide) rings is 2. The molecule has 0 radical (unpaired) electrons. The number of carboxylic acids is 1. The number of carboxylic acid groups (broad SMARTS) is 1. The van der Waals surface area contributed by atoms with Gasteiger partial charge in [-0.2, -0.15) is 0 Å². The quantitative estimate of drug-likeness (QED) is 0.0335. The van der Waals surface area contributed by atoms with Gasteiger partial charge in [-0.15, -0.1) is 0 Å². The number of ether oxygens (including phenoxy) is 11. The summed E-state index contributed by atoms with van der Waals surface area (Å²) in [5.41, 5.74) is 1.83. The second-order valence-corrected chi connectivity index (χ2v) is 19.3. The highest BCUT2D eigenvalue weighted by atomic mass is 16.6. The molecule has 4 N–H and O–H groups in total. The molecule has 0 spiro atoms. The molecule has 4 aromatic carbocycles. The monoisotopic (exact) mass is 1100 g/mol. The zero-order valence-electron chi connectivity index (χ0n) is 47.2. The van der Waals surface area contributed by atoms with E-state index in [9.17, 15) is 33.9 Å². The van der Waals surface area contributed by atoms with E-state index in [1.165, 1.54) is 75.6 Å². The van der Waals surface area contributed by atoms with Gasteiger partial charge in [-0.1, -0.05) is 25.3 Å². The molecular formula is C56H70N4O19. The van der Waals surface area contributed by atoms with Crippen LogP contribution in [0.3, 0.4) is 0 Å². The first-order valence-electron chi connectivity index (χ1n) is 24.2. The van der Waals surface area contributed by atoms with Crippen LogP contribution in [-0.2, 0) is 28.7 Å². The lowest BCUT2D eigenvalue weighted by Crippen LogP contribution is -2.48. The third-order valence-electron chi connectivity index (χ3n) is 11.4. The smallest absolute Gasteiger partial charge is 0.408 e. The van der Waals surface area contributed by atoms with Crippen LogP contribution in [0.2, 0.25) is 0 Å². The standard InChI is InChI=1S/C28H34N2O9.C20H21NO6.C8H15NO4/c1-15-23(30(25(15)31)18-13-21(35-7)24(37-9)22(14-18)36-8)17-10-11-19(34-6)20(12-17)38-26(32)16(2)29-27(33)39-28(3,4)5;1-11-18(12-6-7-15(24-2)14(22)8-12)21(20(11)23)13-9-16(25-3)19(27-5)17(10-13)26-4;1-5(6(10)11)9-7(12)13-8(2,3)4/h10-14,16,23H,1H2,2-9H3,(H,29,33);6-10,18,22H,1H2,2-5H3;5H,1-4H3,(H,9,12)(H,10,11)/t16-,23+;18-;5-/m010/s1. The number of amides is 4. The molecule has 4 atom stereocenters. The minimum Gasteiger partial charge on any atom is -0.504 e. The zero-order chi connectivity index (χ0) is 59.4. The molecule has 2 aliphatic heterocycles. The van der Waals surface area contributed by atoms with Crippen molar-refractivity contribution in [2.75, 3.05) is 66.7 Å². The van der Waals surface area contributed by atoms with Crippen LogP contribution >= 0.6 is 0 Å². The van der Waals surface area contributed by atoms with Crippen molar-refractivity contribution in [2.45, 2.75) is 90.8 Å². The Kier molecular flexibility index (Phi) is 20.9. The molecule has 428 valence electrons. The molecule has 0 bridgehead atoms. The number of alkyl carbamates (subject to hydrolysis) is 2. The predicted octanol–water partition coefficient (Wildman–Crippen LogP) is 8.24. The van der Waals surface area contributed by atoms with Crippen LogP contribution in [0.1, 0.15) is 78.6 Å². The van der Waals surface area contributed by atoms with Gasteiger partial charge in [0.1, 0.15) is 23.3 Å². The first-order valence-corrected chi connectivity index (χ1v) is 24.2. The van der Waals surface area contributed by atoms with E-state index in [0.29, 0.717) is 73.9 Å². The van der Waals surface area contributed by atoms with Crippen molar-refractivity contribution in [2.24, 2.45) is 0 Å².